The van der Waals surface area contributed by atoms with E-state index in [0.717, 1.165) is 0 Å². The molecule has 0 spiro atoms. The summed E-state index contributed by atoms with van der Waals surface area (Å²) in [7, 11) is -2.18. The second-order valence-corrected chi connectivity index (χ2v) is 4.99. The first-order valence-electron chi connectivity index (χ1n) is 4.07. The fraction of sp³-hybridized carbons (Fsp3) is 0.429. The van der Waals surface area contributed by atoms with Crippen LogP contribution in [0.2, 0.25) is 0 Å². The van der Waals surface area contributed by atoms with Crippen LogP contribution < -0.4 is 10.5 Å². The third-order valence-electron chi connectivity index (χ3n) is 1.85. The minimum absolute atomic E-state index is 0.164. The lowest BCUT2D eigenvalue weighted by Gasteiger charge is -2.09. The van der Waals surface area contributed by atoms with Crippen LogP contribution in [0, 0.1) is 11.3 Å². The number of rotatable bonds is 3. The molecule has 0 saturated heterocycles. The van der Waals surface area contributed by atoms with Gasteiger partial charge in [-0.1, -0.05) is 0 Å². The highest BCUT2D eigenvalue weighted by Gasteiger charge is 2.22. The first-order valence-corrected chi connectivity index (χ1v) is 5.62. The molecule has 0 aliphatic heterocycles. The zero-order chi connectivity index (χ0) is 11.6. The predicted molar refractivity (Wildman–Crippen MR) is 55.2 cm³/mol. The second kappa shape index (κ2) is 3.78. The number of nitrogens with two attached hydrogens (primary N) is 1. The molecule has 0 fully saturated rings. The third-order valence-corrected chi connectivity index (χ3v) is 3.37. The number of hydrogen-bond acceptors (Lipinski definition) is 5. The van der Waals surface area contributed by atoms with Gasteiger partial charge in [-0.05, 0) is 6.92 Å². The van der Waals surface area contributed by atoms with E-state index >= 15 is 0 Å². The van der Waals surface area contributed by atoms with Gasteiger partial charge in [0.2, 0.25) is 10.0 Å². The summed E-state index contributed by atoms with van der Waals surface area (Å²) in [5.41, 5.74) is 5.71. The van der Waals surface area contributed by atoms with Crippen LogP contribution in [0.25, 0.3) is 0 Å². The van der Waals surface area contributed by atoms with Crippen LogP contribution in [0.3, 0.4) is 0 Å². The molecule has 82 valence electrons. The van der Waals surface area contributed by atoms with E-state index < -0.39 is 15.3 Å². The van der Waals surface area contributed by atoms with E-state index in [-0.39, 0.29) is 11.5 Å². The molecule has 1 heterocycles. The Morgan fingerprint density at radius 3 is 2.73 bits per heavy atom. The third kappa shape index (κ3) is 2.19. The number of nitrogens with zero attached hydrogens (tertiary/aromatic N) is 3. The van der Waals surface area contributed by atoms with E-state index in [1.807, 2.05) is 0 Å². The van der Waals surface area contributed by atoms with Crippen LogP contribution in [-0.4, -0.2) is 23.4 Å². The zero-order valence-electron chi connectivity index (χ0n) is 8.30. The van der Waals surface area contributed by atoms with Gasteiger partial charge in [0.05, 0.1) is 18.0 Å². The largest absolute Gasteiger partial charge is 0.394 e. The summed E-state index contributed by atoms with van der Waals surface area (Å²) in [5.74, 6) is 0.164. The molecular formula is C7H11N5O2S. The van der Waals surface area contributed by atoms with Crippen LogP contribution in [0.5, 0.6) is 0 Å². The smallest absolute Gasteiger partial charge is 0.250 e. The maximum absolute atomic E-state index is 11.5. The van der Waals surface area contributed by atoms with Crippen molar-refractivity contribution in [2.75, 3.05) is 10.5 Å². The summed E-state index contributed by atoms with van der Waals surface area (Å²) < 4.78 is 26.5. The molecule has 7 nitrogen and oxygen atoms in total. The summed E-state index contributed by atoms with van der Waals surface area (Å²) in [6, 6.07) is 1.64. The van der Waals surface area contributed by atoms with Crippen LogP contribution >= 0.6 is 0 Å². The van der Waals surface area contributed by atoms with Gasteiger partial charge in [0.15, 0.2) is 11.1 Å². The summed E-state index contributed by atoms with van der Waals surface area (Å²) >= 11 is 0. The first kappa shape index (κ1) is 11.3. The quantitative estimate of drug-likeness (QED) is 0.735. The lowest BCUT2D eigenvalue weighted by molar-refractivity contribution is 0.596. The van der Waals surface area contributed by atoms with E-state index in [1.54, 1.807) is 13.1 Å². The standard InChI is InChI=1S/C7H11N5O2S/c1-5(3-8)15(13,14)11-7-6(9)4-10-12(7)2/h4-5,11H,9H2,1-2H3. The predicted octanol–water partition coefficient (Wildman–Crippen LogP) is -0.344. The molecule has 1 unspecified atom stereocenters. The van der Waals surface area contributed by atoms with Gasteiger partial charge in [0.1, 0.15) is 0 Å². The molecule has 0 amide bonds. The average Bonchev–Trinajstić information content (AvgIpc) is 2.47. The van der Waals surface area contributed by atoms with Gasteiger partial charge < -0.3 is 5.73 Å². The molecular weight excluding hydrogens is 218 g/mol. The van der Waals surface area contributed by atoms with Gasteiger partial charge in [0, 0.05) is 7.05 Å². The van der Waals surface area contributed by atoms with Gasteiger partial charge in [0.25, 0.3) is 0 Å². The van der Waals surface area contributed by atoms with E-state index in [2.05, 4.69) is 9.82 Å². The number of aromatic nitrogens is 2. The Hall–Kier alpha value is -1.75. The van der Waals surface area contributed by atoms with E-state index in [0.29, 0.717) is 0 Å². The first-order chi connectivity index (χ1) is 6.88. The van der Waals surface area contributed by atoms with Gasteiger partial charge in [-0.25, -0.2) is 8.42 Å². The minimum atomic E-state index is -3.73. The van der Waals surface area contributed by atoms with Crippen molar-refractivity contribution in [2.45, 2.75) is 12.2 Å². The maximum Gasteiger partial charge on any atom is 0.250 e. The van der Waals surface area contributed by atoms with Crippen LogP contribution in [0.4, 0.5) is 11.5 Å². The Labute approximate surface area is 87.5 Å². The van der Waals surface area contributed by atoms with Crippen molar-refractivity contribution in [1.82, 2.24) is 9.78 Å². The summed E-state index contributed by atoms with van der Waals surface area (Å²) in [4.78, 5) is 0. The maximum atomic E-state index is 11.5. The van der Waals surface area contributed by atoms with Crippen molar-refractivity contribution in [3.8, 4) is 6.07 Å². The Morgan fingerprint density at radius 1 is 1.73 bits per heavy atom. The van der Waals surface area contributed by atoms with Crippen molar-refractivity contribution >= 4 is 21.5 Å². The Kier molecular flexibility index (Phi) is 2.85. The average molecular weight is 229 g/mol. The van der Waals surface area contributed by atoms with Gasteiger partial charge in [-0.2, -0.15) is 10.4 Å². The van der Waals surface area contributed by atoms with Crippen molar-refractivity contribution in [1.29, 1.82) is 5.26 Å². The van der Waals surface area contributed by atoms with Crippen LogP contribution in [0.1, 0.15) is 6.92 Å². The molecule has 0 aliphatic rings. The summed E-state index contributed by atoms with van der Waals surface area (Å²) in [6.07, 6.45) is 1.33. The second-order valence-electron chi connectivity index (χ2n) is 2.99. The number of nitrogen functional groups attached to an aromatic ring is 1. The monoisotopic (exact) mass is 229 g/mol. The highest BCUT2D eigenvalue weighted by Crippen LogP contribution is 2.18. The van der Waals surface area contributed by atoms with E-state index in [9.17, 15) is 8.42 Å². The lowest BCUT2D eigenvalue weighted by Crippen LogP contribution is -2.25. The SMILES string of the molecule is CC(C#N)S(=O)(=O)Nc1c(N)cnn1C. The Morgan fingerprint density at radius 2 is 2.33 bits per heavy atom. The van der Waals surface area contributed by atoms with E-state index in [4.69, 9.17) is 11.0 Å². The lowest BCUT2D eigenvalue weighted by atomic mass is 10.5. The molecule has 1 aromatic heterocycles. The molecule has 1 atom stereocenters. The fourth-order valence-corrected chi connectivity index (χ4v) is 1.71. The molecule has 15 heavy (non-hydrogen) atoms. The van der Waals surface area contributed by atoms with Gasteiger partial charge in [-0.15, -0.1) is 0 Å². The van der Waals surface area contributed by atoms with Crippen LogP contribution in [-0.2, 0) is 17.1 Å². The highest BCUT2D eigenvalue weighted by molar-refractivity contribution is 7.93. The molecule has 0 bridgehead atoms. The zero-order valence-corrected chi connectivity index (χ0v) is 9.11. The number of anilines is 2. The van der Waals surface area contributed by atoms with Crippen molar-refractivity contribution in [2.24, 2.45) is 7.05 Å². The molecule has 3 N–H and O–H groups in total. The molecule has 0 aliphatic carbocycles. The van der Waals surface area contributed by atoms with Crippen molar-refractivity contribution in [3.63, 3.8) is 0 Å². The molecule has 1 rings (SSSR count). The molecule has 0 radical (unpaired) electrons. The number of sulfonamides is 1. The molecule has 1 aromatic rings. The normalized spacial score (nSPS) is 13.1. The number of hydrogen-bond donors (Lipinski definition) is 2. The fourth-order valence-electron chi connectivity index (χ4n) is 0.872. The van der Waals surface area contributed by atoms with E-state index in [1.165, 1.54) is 17.8 Å². The summed E-state index contributed by atoms with van der Waals surface area (Å²) in [6.45, 7) is 1.29. The van der Waals surface area contributed by atoms with Gasteiger partial charge >= 0.3 is 0 Å². The molecule has 8 heteroatoms. The van der Waals surface area contributed by atoms with Crippen molar-refractivity contribution < 1.29 is 8.42 Å². The highest BCUT2D eigenvalue weighted by atomic mass is 32.2. The Balaban J connectivity index is 3.03. The number of aryl methyl sites for hydroxylation is 1. The molecule has 0 aromatic carbocycles. The topological polar surface area (TPSA) is 114 Å². The number of nitriles is 1. The van der Waals surface area contributed by atoms with Crippen molar-refractivity contribution in [3.05, 3.63) is 6.20 Å². The van der Waals surface area contributed by atoms with Gasteiger partial charge in [-0.3, -0.25) is 9.40 Å². The van der Waals surface area contributed by atoms with Crippen LogP contribution in [0.15, 0.2) is 6.20 Å². The molecule has 0 saturated carbocycles. The number of nitrogens with one attached hydrogen (secondary N) is 1. The summed E-state index contributed by atoms with van der Waals surface area (Å²) in [5, 5.41) is 11.1. The minimum Gasteiger partial charge on any atom is -0.394 e. The Bertz CT molecular complexity index is 478.